The van der Waals surface area contributed by atoms with E-state index in [0.717, 1.165) is 16.8 Å². The second kappa shape index (κ2) is 9.68. The van der Waals surface area contributed by atoms with E-state index in [0.29, 0.717) is 13.0 Å². The molecule has 0 aliphatic rings. The van der Waals surface area contributed by atoms with Gasteiger partial charge >= 0.3 is 0 Å². The summed E-state index contributed by atoms with van der Waals surface area (Å²) in [5.74, 6) is -0.600. The molecule has 0 radical (unpaired) electrons. The lowest BCUT2D eigenvalue weighted by Gasteiger charge is -2.16. The molecule has 6 heteroatoms. The summed E-state index contributed by atoms with van der Waals surface area (Å²) in [4.78, 5) is 25.6. The summed E-state index contributed by atoms with van der Waals surface area (Å²) >= 11 is 0. The maximum Gasteiger partial charge on any atom is 0.238 e. The van der Waals surface area contributed by atoms with Gasteiger partial charge in [-0.1, -0.05) is 29.8 Å². The number of likely N-dealkylation sites (N-methyl/N-ethyl adjacent to an activating group) is 1. The van der Waals surface area contributed by atoms with E-state index in [-0.39, 0.29) is 30.7 Å². The van der Waals surface area contributed by atoms with Gasteiger partial charge in [-0.05, 0) is 50.2 Å². The molecule has 0 fully saturated rings. The van der Waals surface area contributed by atoms with Crippen LogP contribution >= 0.6 is 0 Å². The van der Waals surface area contributed by atoms with Crippen molar-refractivity contribution in [1.82, 2.24) is 10.2 Å². The first-order chi connectivity index (χ1) is 12.4. The molecular weight excluding hydrogens is 333 g/mol. The number of anilines is 1. The number of carbonyl (C=O) groups is 2. The van der Waals surface area contributed by atoms with Crippen molar-refractivity contribution in [2.45, 2.75) is 13.3 Å². The Kier molecular flexibility index (Phi) is 7.29. The molecule has 26 heavy (non-hydrogen) atoms. The fourth-order valence-electron chi connectivity index (χ4n) is 2.44. The number of aryl methyl sites for hydroxylation is 1. The highest BCUT2D eigenvalue weighted by atomic mass is 19.1. The van der Waals surface area contributed by atoms with Crippen LogP contribution in [0, 0.1) is 12.7 Å². The zero-order valence-corrected chi connectivity index (χ0v) is 15.1. The SMILES string of the molecule is Cc1ccc(NC(=O)CN(C)CC(=O)NCCc2ccc(F)cc2)cc1. The summed E-state index contributed by atoms with van der Waals surface area (Å²) in [6, 6.07) is 13.7. The molecule has 0 spiro atoms. The Hall–Kier alpha value is -2.73. The minimum Gasteiger partial charge on any atom is -0.355 e. The van der Waals surface area contributed by atoms with Crippen LogP contribution < -0.4 is 10.6 Å². The standard InChI is InChI=1S/C20H24FN3O2/c1-15-3-9-18(10-4-15)23-20(26)14-24(2)13-19(25)22-12-11-16-5-7-17(21)8-6-16/h3-10H,11-14H2,1-2H3,(H,22,25)(H,23,26). The van der Waals surface area contributed by atoms with E-state index in [2.05, 4.69) is 10.6 Å². The number of benzene rings is 2. The molecule has 0 unspecified atom stereocenters. The molecule has 2 amide bonds. The largest absolute Gasteiger partial charge is 0.355 e. The topological polar surface area (TPSA) is 61.4 Å². The molecule has 0 atom stereocenters. The minimum absolute atomic E-state index is 0.124. The highest BCUT2D eigenvalue weighted by Gasteiger charge is 2.10. The van der Waals surface area contributed by atoms with E-state index >= 15 is 0 Å². The van der Waals surface area contributed by atoms with E-state index in [1.54, 1.807) is 24.1 Å². The van der Waals surface area contributed by atoms with E-state index in [4.69, 9.17) is 0 Å². The van der Waals surface area contributed by atoms with Crippen molar-refractivity contribution in [3.63, 3.8) is 0 Å². The molecule has 138 valence electrons. The van der Waals surface area contributed by atoms with Gasteiger partial charge in [-0.15, -0.1) is 0 Å². The van der Waals surface area contributed by atoms with E-state index in [9.17, 15) is 14.0 Å². The number of hydrogen-bond acceptors (Lipinski definition) is 3. The summed E-state index contributed by atoms with van der Waals surface area (Å²) in [5.41, 5.74) is 2.81. The van der Waals surface area contributed by atoms with Gasteiger partial charge in [-0.2, -0.15) is 0 Å². The molecular formula is C20H24FN3O2. The second-order valence-corrected chi connectivity index (χ2v) is 6.31. The Labute approximate surface area is 153 Å². The average molecular weight is 357 g/mol. The molecule has 0 aromatic heterocycles. The van der Waals surface area contributed by atoms with Gasteiger partial charge in [-0.25, -0.2) is 4.39 Å². The number of halogens is 1. The summed E-state index contributed by atoms with van der Waals surface area (Å²) in [7, 11) is 1.72. The predicted molar refractivity (Wildman–Crippen MR) is 100 cm³/mol. The van der Waals surface area contributed by atoms with E-state index in [1.165, 1.54) is 12.1 Å². The highest BCUT2D eigenvalue weighted by Crippen LogP contribution is 2.08. The Bertz CT molecular complexity index is 730. The van der Waals surface area contributed by atoms with E-state index < -0.39 is 0 Å². The van der Waals surface area contributed by atoms with Crippen LogP contribution in [0.15, 0.2) is 48.5 Å². The van der Waals surface area contributed by atoms with Gasteiger partial charge in [0.25, 0.3) is 0 Å². The first kappa shape index (κ1) is 19.6. The van der Waals surface area contributed by atoms with Crippen LogP contribution in [0.5, 0.6) is 0 Å². The van der Waals surface area contributed by atoms with Crippen LogP contribution in [0.1, 0.15) is 11.1 Å². The quantitative estimate of drug-likeness (QED) is 0.762. The van der Waals surface area contributed by atoms with Gasteiger partial charge in [0.1, 0.15) is 5.82 Å². The molecule has 2 aromatic rings. The van der Waals surface area contributed by atoms with Gasteiger partial charge < -0.3 is 10.6 Å². The minimum atomic E-state index is -0.275. The number of amides is 2. The molecule has 0 aliphatic heterocycles. The van der Waals surface area contributed by atoms with Gasteiger partial charge in [0, 0.05) is 12.2 Å². The average Bonchev–Trinajstić information content (AvgIpc) is 2.58. The van der Waals surface area contributed by atoms with Crippen molar-refractivity contribution in [3.8, 4) is 0 Å². The third kappa shape index (κ3) is 7.03. The van der Waals surface area contributed by atoms with Crippen LogP contribution in [0.3, 0.4) is 0 Å². The lowest BCUT2D eigenvalue weighted by Crippen LogP contribution is -2.39. The van der Waals surface area contributed by atoms with Crippen LogP contribution in [0.4, 0.5) is 10.1 Å². The molecule has 0 saturated heterocycles. The van der Waals surface area contributed by atoms with Crippen LogP contribution in [0.2, 0.25) is 0 Å². The lowest BCUT2D eigenvalue weighted by molar-refractivity contribution is -0.122. The third-order valence-electron chi connectivity index (χ3n) is 3.81. The highest BCUT2D eigenvalue weighted by molar-refractivity contribution is 5.92. The van der Waals surface area contributed by atoms with Crippen LogP contribution in [0.25, 0.3) is 0 Å². The molecule has 0 heterocycles. The van der Waals surface area contributed by atoms with Gasteiger partial charge in [0.15, 0.2) is 0 Å². The molecule has 0 saturated carbocycles. The van der Waals surface area contributed by atoms with Gasteiger partial charge in [-0.3, -0.25) is 14.5 Å². The summed E-state index contributed by atoms with van der Waals surface area (Å²) < 4.78 is 12.8. The van der Waals surface area contributed by atoms with Crippen molar-refractivity contribution in [3.05, 3.63) is 65.5 Å². The van der Waals surface area contributed by atoms with Gasteiger partial charge in [0.2, 0.25) is 11.8 Å². The molecule has 0 aliphatic carbocycles. The third-order valence-corrected chi connectivity index (χ3v) is 3.81. The summed E-state index contributed by atoms with van der Waals surface area (Å²) in [6.07, 6.45) is 0.629. The Morgan fingerprint density at radius 3 is 2.23 bits per heavy atom. The Balaban J connectivity index is 1.66. The predicted octanol–water partition coefficient (Wildman–Crippen LogP) is 2.36. The Morgan fingerprint density at radius 2 is 1.58 bits per heavy atom. The summed E-state index contributed by atoms with van der Waals surface area (Å²) in [5, 5.41) is 5.60. The Morgan fingerprint density at radius 1 is 0.962 bits per heavy atom. The first-order valence-corrected chi connectivity index (χ1v) is 8.48. The monoisotopic (exact) mass is 357 g/mol. The van der Waals surface area contributed by atoms with Crippen LogP contribution in [-0.4, -0.2) is 43.4 Å². The number of hydrogen-bond donors (Lipinski definition) is 2. The van der Waals surface area contributed by atoms with Gasteiger partial charge in [0.05, 0.1) is 13.1 Å². The normalized spacial score (nSPS) is 10.6. The fourth-order valence-corrected chi connectivity index (χ4v) is 2.44. The van der Waals surface area contributed by atoms with Crippen molar-refractivity contribution >= 4 is 17.5 Å². The number of nitrogens with zero attached hydrogens (tertiary/aromatic N) is 1. The van der Waals surface area contributed by atoms with Crippen LogP contribution in [-0.2, 0) is 16.0 Å². The van der Waals surface area contributed by atoms with Crippen molar-refractivity contribution in [1.29, 1.82) is 0 Å². The molecule has 2 N–H and O–H groups in total. The maximum atomic E-state index is 12.8. The maximum absolute atomic E-state index is 12.8. The fraction of sp³-hybridized carbons (Fsp3) is 0.300. The van der Waals surface area contributed by atoms with E-state index in [1.807, 2.05) is 31.2 Å². The molecule has 5 nitrogen and oxygen atoms in total. The number of carbonyl (C=O) groups excluding carboxylic acids is 2. The molecule has 0 bridgehead atoms. The summed E-state index contributed by atoms with van der Waals surface area (Å²) in [6.45, 7) is 2.70. The zero-order valence-electron chi connectivity index (χ0n) is 15.1. The zero-order chi connectivity index (χ0) is 18.9. The van der Waals surface area contributed by atoms with Crippen molar-refractivity contribution in [2.75, 3.05) is 32.0 Å². The second-order valence-electron chi connectivity index (χ2n) is 6.31. The lowest BCUT2D eigenvalue weighted by atomic mass is 10.1. The molecule has 2 rings (SSSR count). The van der Waals surface area contributed by atoms with Crippen molar-refractivity contribution < 1.29 is 14.0 Å². The first-order valence-electron chi connectivity index (χ1n) is 8.48. The number of rotatable bonds is 8. The smallest absolute Gasteiger partial charge is 0.238 e. The number of nitrogens with one attached hydrogen (secondary N) is 2. The molecule has 2 aromatic carbocycles. The van der Waals surface area contributed by atoms with Crippen molar-refractivity contribution in [2.24, 2.45) is 0 Å².